The Balaban J connectivity index is 1.46. The fraction of sp³-hybridized carbons (Fsp3) is 0.824. The zero-order valence-electron chi connectivity index (χ0n) is 13.1. The molecule has 0 heterocycles. The number of ketones is 1. The van der Waals surface area contributed by atoms with E-state index in [9.17, 15) is 14.4 Å². The molecule has 0 aliphatic heterocycles. The van der Waals surface area contributed by atoms with Gasteiger partial charge in [0.2, 0.25) is 0 Å². The molecule has 0 spiro atoms. The highest BCUT2D eigenvalue weighted by Crippen LogP contribution is 2.50. The van der Waals surface area contributed by atoms with E-state index < -0.39 is 22.8 Å². The number of carbonyl (C=O) groups excluding carboxylic acids is 1. The summed E-state index contributed by atoms with van der Waals surface area (Å²) in [7, 11) is 0. The Hall–Kier alpha value is -1.39. The van der Waals surface area contributed by atoms with Crippen LogP contribution in [0.4, 0.5) is 0 Å². The lowest BCUT2D eigenvalue weighted by Gasteiger charge is -2.09. The minimum Gasteiger partial charge on any atom is -0.481 e. The van der Waals surface area contributed by atoms with Crippen molar-refractivity contribution in [1.82, 2.24) is 0 Å². The third-order valence-electron chi connectivity index (χ3n) is 5.31. The van der Waals surface area contributed by atoms with Gasteiger partial charge in [-0.25, -0.2) is 0 Å². The Kier molecular flexibility index (Phi) is 5.24. The summed E-state index contributed by atoms with van der Waals surface area (Å²) in [4.78, 5) is 33.9. The number of hydrogen-bond donors (Lipinski definition) is 2. The molecule has 0 amide bonds. The summed E-state index contributed by atoms with van der Waals surface area (Å²) in [6.45, 7) is 0. The van der Waals surface area contributed by atoms with Crippen molar-refractivity contribution in [3.05, 3.63) is 0 Å². The molecule has 0 unspecified atom stereocenters. The monoisotopic (exact) mass is 310 g/mol. The maximum absolute atomic E-state index is 11.8. The molecule has 2 aliphatic rings. The Bertz CT molecular complexity index is 446. The van der Waals surface area contributed by atoms with E-state index >= 15 is 0 Å². The Morgan fingerprint density at radius 3 is 1.73 bits per heavy atom. The van der Waals surface area contributed by atoms with E-state index in [0.29, 0.717) is 19.3 Å². The summed E-state index contributed by atoms with van der Waals surface area (Å²) >= 11 is 0. The molecule has 0 radical (unpaired) electrons. The largest absolute Gasteiger partial charge is 0.481 e. The number of carbonyl (C=O) groups is 3. The van der Waals surface area contributed by atoms with E-state index in [0.717, 1.165) is 57.8 Å². The number of rotatable bonds is 12. The molecule has 2 N–H and O–H groups in total. The van der Waals surface area contributed by atoms with Gasteiger partial charge in [0.05, 0.1) is 5.41 Å². The van der Waals surface area contributed by atoms with Crippen LogP contribution < -0.4 is 0 Å². The molecule has 5 heteroatoms. The summed E-state index contributed by atoms with van der Waals surface area (Å²) < 4.78 is 0. The highest BCUT2D eigenvalue weighted by atomic mass is 16.4. The molecule has 22 heavy (non-hydrogen) atoms. The van der Waals surface area contributed by atoms with E-state index in [1.54, 1.807) is 0 Å². The number of unbranched alkanes of at least 4 members (excludes halogenated alkanes) is 5. The molecule has 0 aromatic heterocycles. The maximum Gasteiger partial charge on any atom is 0.317 e. The van der Waals surface area contributed by atoms with E-state index in [1.807, 2.05) is 0 Å². The standard InChI is InChI=1S/C17H26O5/c18-13(17(11-12-17)15(21)22)7-5-3-1-2-4-6-8-16(9-10-16)14(19)20/h1-12H2,(H,19,20)(H,21,22). The molecule has 0 saturated heterocycles. The zero-order chi connectivity index (χ0) is 16.2. The number of carboxylic acid groups (broad SMARTS) is 2. The van der Waals surface area contributed by atoms with E-state index in [-0.39, 0.29) is 5.78 Å². The first kappa shape index (κ1) is 17.0. The Morgan fingerprint density at radius 2 is 1.27 bits per heavy atom. The van der Waals surface area contributed by atoms with Crippen LogP contribution in [0.5, 0.6) is 0 Å². The van der Waals surface area contributed by atoms with Crippen LogP contribution >= 0.6 is 0 Å². The zero-order valence-corrected chi connectivity index (χ0v) is 13.1. The molecule has 2 aliphatic carbocycles. The fourth-order valence-corrected chi connectivity index (χ4v) is 3.15. The third-order valence-corrected chi connectivity index (χ3v) is 5.31. The molecule has 0 bridgehead atoms. The van der Waals surface area contributed by atoms with Gasteiger partial charge >= 0.3 is 11.9 Å². The smallest absolute Gasteiger partial charge is 0.317 e. The number of hydrogen-bond acceptors (Lipinski definition) is 3. The Labute approximate surface area is 131 Å². The fourth-order valence-electron chi connectivity index (χ4n) is 3.15. The van der Waals surface area contributed by atoms with Crippen molar-refractivity contribution in [3.8, 4) is 0 Å². The van der Waals surface area contributed by atoms with Gasteiger partial charge in [0.15, 0.2) is 0 Å². The van der Waals surface area contributed by atoms with Gasteiger partial charge < -0.3 is 10.2 Å². The third kappa shape index (κ3) is 3.87. The van der Waals surface area contributed by atoms with Gasteiger partial charge in [-0.15, -0.1) is 0 Å². The quantitative estimate of drug-likeness (QED) is 0.426. The molecule has 2 rings (SSSR count). The first-order valence-electron chi connectivity index (χ1n) is 8.43. The molecule has 0 aromatic carbocycles. The van der Waals surface area contributed by atoms with Gasteiger partial charge in [0, 0.05) is 6.42 Å². The average molecular weight is 310 g/mol. The molecule has 2 saturated carbocycles. The van der Waals surface area contributed by atoms with E-state index in [1.165, 1.54) is 0 Å². The lowest BCUT2D eigenvalue weighted by Crippen LogP contribution is -2.25. The van der Waals surface area contributed by atoms with Gasteiger partial charge in [-0.05, 0) is 38.5 Å². The summed E-state index contributed by atoms with van der Waals surface area (Å²) in [5, 5.41) is 18.1. The Morgan fingerprint density at radius 1 is 0.727 bits per heavy atom. The van der Waals surface area contributed by atoms with Gasteiger partial charge in [-0.3, -0.25) is 14.4 Å². The topological polar surface area (TPSA) is 91.7 Å². The average Bonchev–Trinajstić information content (AvgIpc) is 3.35. The number of carboxylic acids is 2. The van der Waals surface area contributed by atoms with Crippen LogP contribution in [-0.4, -0.2) is 27.9 Å². The molecule has 124 valence electrons. The van der Waals surface area contributed by atoms with Gasteiger partial charge in [-0.2, -0.15) is 0 Å². The van der Waals surface area contributed by atoms with Gasteiger partial charge in [0.25, 0.3) is 0 Å². The summed E-state index contributed by atoms with van der Waals surface area (Å²) in [5.41, 5.74) is -1.43. The van der Waals surface area contributed by atoms with Crippen molar-refractivity contribution in [2.75, 3.05) is 0 Å². The lowest BCUT2D eigenvalue weighted by atomic mass is 9.95. The van der Waals surface area contributed by atoms with Crippen LogP contribution in [0.2, 0.25) is 0 Å². The number of aliphatic carboxylic acids is 2. The molecular formula is C17H26O5. The molecule has 0 atom stereocenters. The van der Waals surface area contributed by atoms with Crippen LogP contribution in [0.15, 0.2) is 0 Å². The molecule has 0 aromatic rings. The van der Waals surface area contributed by atoms with Gasteiger partial charge in [-0.1, -0.05) is 32.1 Å². The van der Waals surface area contributed by atoms with Crippen molar-refractivity contribution < 1.29 is 24.6 Å². The van der Waals surface area contributed by atoms with Crippen molar-refractivity contribution in [2.45, 2.75) is 77.0 Å². The second-order valence-electron chi connectivity index (χ2n) is 7.02. The first-order chi connectivity index (χ1) is 10.4. The molecule has 2 fully saturated rings. The van der Waals surface area contributed by atoms with Crippen molar-refractivity contribution in [1.29, 1.82) is 0 Å². The minimum absolute atomic E-state index is 0.0999. The number of Topliss-reactive ketones (excluding diaryl/α,β-unsaturated/α-hetero) is 1. The highest BCUT2D eigenvalue weighted by molar-refractivity contribution is 6.05. The predicted molar refractivity (Wildman–Crippen MR) is 80.5 cm³/mol. The second kappa shape index (κ2) is 6.80. The SMILES string of the molecule is O=C(O)C1(CCCCCCCCC(=O)C2(C(=O)O)CC2)CC1. The summed E-state index contributed by atoms with van der Waals surface area (Å²) in [6, 6.07) is 0. The van der Waals surface area contributed by atoms with Crippen LogP contribution in [-0.2, 0) is 14.4 Å². The van der Waals surface area contributed by atoms with Gasteiger partial charge in [0.1, 0.15) is 11.2 Å². The van der Waals surface area contributed by atoms with Crippen LogP contribution in [0.1, 0.15) is 77.0 Å². The van der Waals surface area contributed by atoms with Crippen molar-refractivity contribution >= 4 is 17.7 Å². The summed E-state index contributed by atoms with van der Waals surface area (Å²) in [5.74, 6) is -1.69. The van der Waals surface area contributed by atoms with Crippen LogP contribution in [0.25, 0.3) is 0 Å². The first-order valence-corrected chi connectivity index (χ1v) is 8.43. The summed E-state index contributed by atoms with van der Waals surface area (Å²) in [6.07, 6.45) is 9.68. The second-order valence-corrected chi connectivity index (χ2v) is 7.02. The highest BCUT2D eigenvalue weighted by Gasteiger charge is 2.55. The predicted octanol–water partition coefficient (Wildman–Crippen LogP) is 3.41. The lowest BCUT2D eigenvalue weighted by molar-refractivity contribution is -0.148. The van der Waals surface area contributed by atoms with Crippen LogP contribution in [0, 0.1) is 10.8 Å². The van der Waals surface area contributed by atoms with Crippen molar-refractivity contribution in [3.63, 3.8) is 0 Å². The van der Waals surface area contributed by atoms with E-state index in [4.69, 9.17) is 10.2 Å². The normalized spacial score (nSPS) is 20.4. The maximum atomic E-state index is 11.8. The minimum atomic E-state index is -1.03. The van der Waals surface area contributed by atoms with E-state index in [2.05, 4.69) is 0 Å². The van der Waals surface area contributed by atoms with Crippen molar-refractivity contribution in [2.24, 2.45) is 10.8 Å². The van der Waals surface area contributed by atoms with Crippen LogP contribution in [0.3, 0.4) is 0 Å². The molecular weight excluding hydrogens is 284 g/mol. The molecule has 5 nitrogen and oxygen atoms in total.